The smallest absolute Gasteiger partial charge is 0.410 e. The van der Waals surface area contributed by atoms with Gasteiger partial charge in [0.2, 0.25) is 11.8 Å². The summed E-state index contributed by atoms with van der Waals surface area (Å²) in [7, 11) is 0. The number of carbonyl (C=O) groups excluding carboxylic acids is 3. The van der Waals surface area contributed by atoms with Crippen LogP contribution in [0.4, 0.5) is 13.6 Å². The Morgan fingerprint density at radius 1 is 1.09 bits per heavy atom. The number of ether oxygens (including phenoxy) is 1. The average molecular weight is 470 g/mol. The van der Waals surface area contributed by atoms with Gasteiger partial charge in [-0.15, -0.1) is 0 Å². The van der Waals surface area contributed by atoms with Crippen molar-refractivity contribution in [2.45, 2.75) is 69.6 Å². The number of aliphatic hydroxyl groups excluding tert-OH is 1. The van der Waals surface area contributed by atoms with Crippen LogP contribution in [0.2, 0.25) is 0 Å². The van der Waals surface area contributed by atoms with E-state index in [1.807, 2.05) is 0 Å². The molecular weight excluding hydrogens is 436 g/mol. The summed E-state index contributed by atoms with van der Waals surface area (Å²) in [6, 6.07) is -1.38. The van der Waals surface area contributed by atoms with Crippen LogP contribution in [0.25, 0.3) is 0 Å². The van der Waals surface area contributed by atoms with Gasteiger partial charge in [-0.1, -0.05) is 0 Å². The molecule has 5 rings (SSSR count). The third-order valence-electron chi connectivity index (χ3n) is 8.13. The number of nitrogens with zero attached hydrogens (tertiary/aromatic N) is 3. The Morgan fingerprint density at radius 2 is 1.76 bits per heavy atom. The van der Waals surface area contributed by atoms with Crippen molar-refractivity contribution < 1.29 is 33.0 Å². The van der Waals surface area contributed by atoms with E-state index in [2.05, 4.69) is 0 Å². The molecule has 0 aromatic carbocycles. The first-order chi connectivity index (χ1) is 15.4. The SMILES string of the molecule is CC(C)(C)OC(=O)N1CC2C(C1)C2C(=O)N1C2CC(C[C@@H]2F)[C@H]1C(=O)N1CCC(F)(CO)C1. The highest BCUT2D eigenvalue weighted by Gasteiger charge is 2.66. The van der Waals surface area contributed by atoms with Crippen LogP contribution in [-0.2, 0) is 14.3 Å². The number of aliphatic hydroxyl groups is 1. The maximum atomic E-state index is 14.6. The lowest BCUT2D eigenvalue weighted by molar-refractivity contribution is -0.151. The summed E-state index contributed by atoms with van der Waals surface area (Å²) >= 11 is 0. The van der Waals surface area contributed by atoms with Gasteiger partial charge in [0.05, 0.1) is 19.2 Å². The van der Waals surface area contributed by atoms with Crippen LogP contribution < -0.4 is 0 Å². The van der Waals surface area contributed by atoms with Gasteiger partial charge in [-0.05, 0) is 51.4 Å². The molecule has 3 amide bonds. The van der Waals surface area contributed by atoms with Crippen molar-refractivity contribution >= 4 is 17.9 Å². The van der Waals surface area contributed by atoms with Crippen molar-refractivity contribution in [1.29, 1.82) is 0 Å². The highest BCUT2D eigenvalue weighted by molar-refractivity contribution is 5.92. The first-order valence-electron chi connectivity index (χ1n) is 12.0. The van der Waals surface area contributed by atoms with Crippen LogP contribution in [0.15, 0.2) is 0 Å². The van der Waals surface area contributed by atoms with Gasteiger partial charge in [0.25, 0.3) is 0 Å². The first-order valence-corrected chi connectivity index (χ1v) is 12.0. The number of piperidine rings is 2. The standard InChI is InChI=1S/C23H33F2N3O5/c1-22(2,3)33-21(32)27-8-13-14(9-27)17(13)19(30)28-16-7-12(6-15(16)24)18(28)20(31)26-5-4-23(25,10-26)11-29/h12-18,29H,4-11H2,1-3H3/t12?,13?,14?,15-,16?,17?,18-,23?/m0/s1. The number of alkyl halides is 2. The minimum Gasteiger partial charge on any atom is -0.444 e. The number of rotatable bonds is 3. The number of hydrogen-bond donors (Lipinski definition) is 1. The molecule has 5 aliphatic rings. The van der Waals surface area contributed by atoms with Gasteiger partial charge in [-0.3, -0.25) is 9.59 Å². The summed E-state index contributed by atoms with van der Waals surface area (Å²) in [5, 5.41) is 9.30. The highest BCUT2D eigenvalue weighted by atomic mass is 19.1. The summed E-state index contributed by atoms with van der Waals surface area (Å²) in [6.07, 6.45) is -0.807. The lowest BCUT2D eigenvalue weighted by Gasteiger charge is -2.38. The largest absolute Gasteiger partial charge is 0.444 e. The van der Waals surface area contributed by atoms with Crippen LogP contribution in [0.3, 0.4) is 0 Å². The van der Waals surface area contributed by atoms with Crippen LogP contribution in [0.5, 0.6) is 0 Å². The third kappa shape index (κ3) is 3.78. The molecular formula is C23H33F2N3O5. The summed E-state index contributed by atoms with van der Waals surface area (Å²) in [5.74, 6) is -1.13. The van der Waals surface area contributed by atoms with E-state index >= 15 is 0 Å². The molecule has 3 heterocycles. The zero-order valence-corrected chi connectivity index (χ0v) is 19.4. The van der Waals surface area contributed by atoms with E-state index in [1.165, 1.54) is 9.80 Å². The molecule has 2 bridgehead atoms. The Labute approximate surface area is 192 Å². The van der Waals surface area contributed by atoms with Crippen molar-refractivity contribution in [1.82, 2.24) is 14.7 Å². The molecule has 10 heteroatoms. The van der Waals surface area contributed by atoms with Gasteiger partial charge >= 0.3 is 6.09 Å². The van der Waals surface area contributed by atoms with Crippen molar-refractivity contribution in [2.24, 2.45) is 23.7 Å². The Balaban J connectivity index is 1.26. The normalized spacial score (nSPS) is 41.5. The lowest BCUT2D eigenvalue weighted by Crippen LogP contribution is -2.57. The molecule has 3 saturated heterocycles. The minimum atomic E-state index is -1.82. The second-order valence-corrected chi connectivity index (χ2v) is 11.6. The van der Waals surface area contributed by atoms with E-state index < -0.39 is 42.2 Å². The molecule has 2 saturated carbocycles. The number of halogens is 2. The molecule has 5 unspecified atom stereocenters. The van der Waals surface area contributed by atoms with E-state index in [9.17, 15) is 28.3 Å². The quantitative estimate of drug-likeness (QED) is 0.674. The molecule has 2 aliphatic carbocycles. The van der Waals surface area contributed by atoms with Crippen LogP contribution in [0.1, 0.15) is 40.0 Å². The molecule has 0 aromatic heterocycles. The summed E-state index contributed by atoms with van der Waals surface area (Å²) in [5.41, 5.74) is -2.41. The number of fused-ring (bicyclic) bond motifs is 3. The van der Waals surface area contributed by atoms with Crippen LogP contribution >= 0.6 is 0 Å². The lowest BCUT2D eigenvalue weighted by atomic mass is 9.96. The third-order valence-corrected chi connectivity index (χ3v) is 8.13. The van der Waals surface area contributed by atoms with Gasteiger partial charge in [0.15, 0.2) is 5.67 Å². The van der Waals surface area contributed by atoms with Crippen LogP contribution in [-0.4, -0.2) is 100 Å². The molecule has 184 valence electrons. The maximum Gasteiger partial charge on any atom is 0.410 e. The fourth-order valence-corrected chi connectivity index (χ4v) is 6.48. The Morgan fingerprint density at radius 3 is 2.33 bits per heavy atom. The topological polar surface area (TPSA) is 90.4 Å². The van der Waals surface area contributed by atoms with E-state index in [0.717, 1.165) is 0 Å². The highest BCUT2D eigenvalue weighted by Crippen LogP contribution is 2.55. The predicted octanol–water partition coefficient (Wildman–Crippen LogP) is 1.36. The number of carbonyl (C=O) groups is 3. The van der Waals surface area contributed by atoms with Crippen molar-refractivity contribution in [3.8, 4) is 0 Å². The zero-order chi connectivity index (χ0) is 23.9. The van der Waals surface area contributed by atoms with Gasteiger partial charge in [0.1, 0.15) is 17.8 Å². The molecule has 0 radical (unpaired) electrons. The monoisotopic (exact) mass is 469 g/mol. The molecule has 0 spiro atoms. The second-order valence-electron chi connectivity index (χ2n) is 11.6. The van der Waals surface area contributed by atoms with Crippen molar-refractivity contribution in [3.63, 3.8) is 0 Å². The molecule has 33 heavy (non-hydrogen) atoms. The molecule has 3 aliphatic heterocycles. The molecule has 7 atom stereocenters. The van der Waals surface area contributed by atoms with Gasteiger partial charge < -0.3 is 24.5 Å². The Hall–Kier alpha value is -1.97. The first kappa shape index (κ1) is 22.8. The fourth-order valence-electron chi connectivity index (χ4n) is 6.48. The number of hydrogen-bond acceptors (Lipinski definition) is 5. The van der Waals surface area contributed by atoms with E-state index in [1.54, 1.807) is 25.7 Å². The minimum absolute atomic E-state index is 0.00220. The zero-order valence-electron chi connectivity index (χ0n) is 19.4. The summed E-state index contributed by atoms with van der Waals surface area (Å²) < 4.78 is 34.6. The van der Waals surface area contributed by atoms with Gasteiger partial charge in [-0.2, -0.15) is 0 Å². The van der Waals surface area contributed by atoms with Gasteiger partial charge in [-0.25, -0.2) is 13.6 Å². The molecule has 1 N–H and O–H groups in total. The average Bonchev–Trinajstić information content (AvgIpc) is 3.22. The molecule has 8 nitrogen and oxygen atoms in total. The summed E-state index contributed by atoms with van der Waals surface area (Å²) in [6.45, 7) is 5.58. The maximum absolute atomic E-state index is 14.6. The Kier molecular flexibility index (Phi) is 5.19. The molecule has 5 fully saturated rings. The van der Waals surface area contributed by atoms with Crippen LogP contribution in [0, 0.1) is 23.7 Å². The summed E-state index contributed by atoms with van der Waals surface area (Å²) in [4.78, 5) is 43.6. The predicted molar refractivity (Wildman–Crippen MR) is 112 cm³/mol. The number of likely N-dealkylation sites (tertiary alicyclic amines) is 3. The Bertz CT molecular complexity index is 854. The van der Waals surface area contributed by atoms with E-state index in [4.69, 9.17) is 4.74 Å². The van der Waals surface area contributed by atoms with Crippen molar-refractivity contribution in [3.05, 3.63) is 0 Å². The van der Waals surface area contributed by atoms with E-state index in [-0.39, 0.29) is 61.4 Å². The van der Waals surface area contributed by atoms with Gasteiger partial charge in [0, 0.05) is 32.0 Å². The molecule has 0 aromatic rings. The second kappa shape index (κ2) is 7.52. The van der Waals surface area contributed by atoms with E-state index in [0.29, 0.717) is 19.5 Å². The van der Waals surface area contributed by atoms with Crippen molar-refractivity contribution in [2.75, 3.05) is 32.8 Å². The fraction of sp³-hybridized carbons (Fsp3) is 0.870. The number of amides is 3.